The third-order valence-electron chi connectivity index (χ3n) is 17.2. The molecular weight excluding hydrogens is 943 g/mol. The number of ether oxygens (including phenoxy) is 1. The Bertz CT molecular complexity index is 4380. The molecule has 0 saturated carbocycles. The molecule has 0 unspecified atom stereocenters. The highest BCUT2D eigenvalue weighted by molar-refractivity contribution is 6.01. The second-order valence-electron chi connectivity index (χ2n) is 21.0. The molecule has 0 amide bonds. The van der Waals surface area contributed by atoms with Crippen LogP contribution in [0, 0.1) is 0 Å². The number of fused-ring (bicyclic) bond motifs is 16. The lowest BCUT2D eigenvalue weighted by Gasteiger charge is -2.40. The summed E-state index contributed by atoms with van der Waals surface area (Å²) in [5, 5.41) is 4.55. The van der Waals surface area contributed by atoms with Gasteiger partial charge >= 0.3 is 0 Å². The number of nitrogens with zero attached hydrogens (tertiary/aromatic N) is 1. The van der Waals surface area contributed by atoms with Gasteiger partial charge in [0.25, 0.3) is 0 Å². The summed E-state index contributed by atoms with van der Waals surface area (Å²) < 4.78 is 7.27. The van der Waals surface area contributed by atoms with Crippen LogP contribution in [0.25, 0.3) is 66.1 Å². The molecule has 0 radical (unpaired) electrons. The fraction of sp³-hybridized carbons (Fsp3) is 0.0263. The minimum absolute atomic E-state index is 0.534. The van der Waals surface area contributed by atoms with Gasteiger partial charge in [-0.15, -0.1) is 0 Å². The molecule has 16 rings (SSSR count). The Morgan fingerprint density at radius 2 is 0.718 bits per heavy atom. The van der Waals surface area contributed by atoms with E-state index in [0.29, 0.717) is 0 Å². The molecule has 0 aromatic heterocycles. The second kappa shape index (κ2) is 17.3. The first kappa shape index (κ1) is 44.3. The summed E-state index contributed by atoms with van der Waals surface area (Å²) in [6, 6.07) is 110. The third kappa shape index (κ3) is 6.26. The summed E-state index contributed by atoms with van der Waals surface area (Å²) >= 11 is 0. The summed E-state index contributed by atoms with van der Waals surface area (Å²) in [5.41, 5.74) is 21.7. The van der Waals surface area contributed by atoms with E-state index >= 15 is 0 Å². The van der Waals surface area contributed by atoms with E-state index in [2.05, 4.69) is 302 Å². The Labute approximate surface area is 454 Å². The van der Waals surface area contributed by atoms with Crippen LogP contribution in [0.4, 0.5) is 17.1 Å². The monoisotopic (exact) mass is 991 g/mol. The molecule has 0 bridgehead atoms. The standard InChI is InChI=1S/C76H49NO/c1-4-19-50(20-5-1)51-35-42-58(43-36-51)77(71-34-18-33-67-72(71)64-30-15-17-32-66(64)75(67,56-23-6-2-7-24-56)57-25-8-3-9-26-57)59-44-37-52(38-45-59)55-39-46-63-62-29-14-16-31-65(62)76(70(63)49-55)68-47-40-53-21-10-12-27-60(53)73(68)78-74-61-28-13-11-22-54(61)41-48-69(74)76/h1-49H. The molecule has 1 spiro atoms. The minimum Gasteiger partial charge on any atom is -0.455 e. The average Bonchev–Trinajstić information content (AvgIpc) is 4.21. The van der Waals surface area contributed by atoms with Crippen molar-refractivity contribution in [3.63, 3.8) is 0 Å². The van der Waals surface area contributed by atoms with Crippen LogP contribution in [0.1, 0.15) is 44.5 Å². The molecule has 2 nitrogen and oxygen atoms in total. The molecule has 78 heavy (non-hydrogen) atoms. The quantitative estimate of drug-likeness (QED) is 0.158. The summed E-state index contributed by atoms with van der Waals surface area (Å²) in [4.78, 5) is 2.47. The minimum atomic E-state index is -0.639. The van der Waals surface area contributed by atoms with E-state index in [0.717, 1.165) is 72.4 Å². The highest BCUT2D eigenvalue weighted by atomic mass is 16.5. The van der Waals surface area contributed by atoms with Crippen LogP contribution >= 0.6 is 0 Å². The van der Waals surface area contributed by atoms with Crippen LogP contribution in [-0.4, -0.2) is 0 Å². The molecule has 364 valence electrons. The number of rotatable bonds is 7. The zero-order chi connectivity index (χ0) is 51.4. The second-order valence-corrected chi connectivity index (χ2v) is 21.0. The van der Waals surface area contributed by atoms with Crippen molar-refractivity contribution in [2.75, 3.05) is 4.90 Å². The third-order valence-corrected chi connectivity index (χ3v) is 17.2. The van der Waals surface area contributed by atoms with E-state index in [4.69, 9.17) is 4.74 Å². The molecule has 0 atom stereocenters. The van der Waals surface area contributed by atoms with Gasteiger partial charge in [0.2, 0.25) is 0 Å². The molecule has 13 aromatic rings. The molecule has 0 fully saturated rings. The van der Waals surface area contributed by atoms with Crippen LogP contribution < -0.4 is 9.64 Å². The SMILES string of the molecule is c1ccc(-c2ccc(N(c3ccc(-c4ccc5c(c4)C4(c6ccccc6-5)c5ccc6ccccc6c5Oc5c4ccc4ccccc54)cc3)c3cccc4c3-c3ccccc3C4(c3ccccc3)c3ccccc3)cc2)cc1. The van der Waals surface area contributed by atoms with Gasteiger partial charge in [-0.25, -0.2) is 0 Å². The van der Waals surface area contributed by atoms with Gasteiger partial charge in [-0.3, -0.25) is 0 Å². The van der Waals surface area contributed by atoms with Crippen molar-refractivity contribution in [2.24, 2.45) is 0 Å². The van der Waals surface area contributed by atoms with E-state index in [1.165, 1.54) is 66.8 Å². The van der Waals surface area contributed by atoms with Gasteiger partial charge in [0.15, 0.2) is 0 Å². The van der Waals surface area contributed by atoms with E-state index in [1.54, 1.807) is 0 Å². The maximum Gasteiger partial charge on any atom is 0.140 e. The fourth-order valence-electron chi connectivity index (χ4n) is 13.9. The molecule has 0 N–H and O–H groups in total. The fourth-order valence-corrected chi connectivity index (χ4v) is 13.9. The molecule has 2 heteroatoms. The number of hydrogen-bond acceptors (Lipinski definition) is 2. The normalized spacial score (nSPS) is 13.7. The summed E-state index contributed by atoms with van der Waals surface area (Å²) in [7, 11) is 0. The van der Waals surface area contributed by atoms with Gasteiger partial charge in [-0.1, -0.05) is 261 Å². The number of benzene rings is 13. The van der Waals surface area contributed by atoms with Crippen molar-refractivity contribution in [2.45, 2.75) is 10.8 Å². The average molecular weight is 992 g/mol. The molecule has 2 aliphatic carbocycles. The predicted molar refractivity (Wildman–Crippen MR) is 322 cm³/mol. The van der Waals surface area contributed by atoms with E-state index in [-0.39, 0.29) is 0 Å². The largest absolute Gasteiger partial charge is 0.455 e. The van der Waals surface area contributed by atoms with E-state index in [9.17, 15) is 0 Å². The van der Waals surface area contributed by atoms with Gasteiger partial charge in [0, 0.05) is 38.8 Å². The van der Waals surface area contributed by atoms with Crippen molar-refractivity contribution in [3.8, 4) is 56.0 Å². The van der Waals surface area contributed by atoms with Crippen LogP contribution in [0.15, 0.2) is 297 Å². The molecule has 1 aliphatic heterocycles. The van der Waals surface area contributed by atoms with Crippen LogP contribution in [0.3, 0.4) is 0 Å². The zero-order valence-electron chi connectivity index (χ0n) is 42.6. The molecule has 13 aromatic carbocycles. The first-order valence-corrected chi connectivity index (χ1v) is 27.1. The van der Waals surface area contributed by atoms with Gasteiger partial charge < -0.3 is 9.64 Å². The van der Waals surface area contributed by atoms with Gasteiger partial charge in [0.05, 0.1) is 16.5 Å². The Hall–Kier alpha value is -10.0. The first-order valence-electron chi connectivity index (χ1n) is 27.1. The predicted octanol–water partition coefficient (Wildman–Crippen LogP) is 19.6. The van der Waals surface area contributed by atoms with Gasteiger partial charge in [-0.05, 0) is 119 Å². The number of hydrogen-bond donors (Lipinski definition) is 0. The van der Waals surface area contributed by atoms with Crippen molar-refractivity contribution in [1.29, 1.82) is 0 Å². The van der Waals surface area contributed by atoms with Gasteiger partial charge in [0.1, 0.15) is 11.5 Å². The highest BCUT2D eigenvalue weighted by Gasteiger charge is 2.52. The first-order chi connectivity index (χ1) is 38.7. The van der Waals surface area contributed by atoms with Crippen LogP contribution in [0.2, 0.25) is 0 Å². The summed E-state index contributed by atoms with van der Waals surface area (Å²) in [6.07, 6.45) is 0. The van der Waals surface area contributed by atoms with E-state index < -0.39 is 10.8 Å². The lowest BCUT2D eigenvalue weighted by Crippen LogP contribution is -2.32. The molecular formula is C76H49NO. The van der Waals surface area contributed by atoms with Crippen molar-refractivity contribution < 1.29 is 4.74 Å². The molecule has 0 saturated heterocycles. The maximum atomic E-state index is 7.27. The zero-order valence-corrected chi connectivity index (χ0v) is 42.6. The highest BCUT2D eigenvalue weighted by Crippen LogP contribution is 2.65. The topological polar surface area (TPSA) is 12.5 Å². The summed E-state index contributed by atoms with van der Waals surface area (Å²) in [5.74, 6) is 1.84. The van der Waals surface area contributed by atoms with Crippen LogP contribution in [0.5, 0.6) is 11.5 Å². The van der Waals surface area contributed by atoms with Crippen molar-refractivity contribution >= 4 is 38.6 Å². The Morgan fingerprint density at radius 3 is 1.32 bits per heavy atom. The molecule has 3 aliphatic rings. The van der Waals surface area contributed by atoms with E-state index in [1.807, 2.05) is 0 Å². The van der Waals surface area contributed by atoms with Gasteiger partial charge in [-0.2, -0.15) is 0 Å². The smallest absolute Gasteiger partial charge is 0.140 e. The molecule has 1 heterocycles. The Balaban J connectivity index is 0.889. The van der Waals surface area contributed by atoms with Crippen molar-refractivity contribution in [3.05, 3.63) is 342 Å². The number of anilines is 3. The lowest BCUT2D eigenvalue weighted by molar-refractivity contribution is 0.447. The maximum absolute atomic E-state index is 7.27. The van der Waals surface area contributed by atoms with Crippen LogP contribution in [-0.2, 0) is 10.8 Å². The Kier molecular flexibility index (Phi) is 9.80. The van der Waals surface area contributed by atoms with Crippen molar-refractivity contribution in [1.82, 2.24) is 0 Å². The lowest BCUT2D eigenvalue weighted by atomic mass is 9.65. The Morgan fingerprint density at radius 1 is 0.269 bits per heavy atom. The summed E-state index contributed by atoms with van der Waals surface area (Å²) in [6.45, 7) is 0.